The minimum absolute atomic E-state index is 0. The second-order valence-corrected chi connectivity index (χ2v) is 2.83. The average Bonchev–Trinajstić information content (AvgIpc) is 2.03. The summed E-state index contributed by atoms with van der Waals surface area (Å²) in [6, 6.07) is 6.94. The molecule has 2 N–H and O–H groups in total. The summed E-state index contributed by atoms with van der Waals surface area (Å²) in [6.45, 7) is 0. The monoisotopic (exact) mass is 200 g/mol. The van der Waals surface area contributed by atoms with Crippen LogP contribution in [0, 0.1) is 0 Å². The Labute approximate surface area is 83.9 Å². The molecule has 0 aliphatic carbocycles. The molecule has 0 bridgehead atoms. The van der Waals surface area contributed by atoms with Crippen molar-refractivity contribution in [3.05, 3.63) is 29.8 Å². The van der Waals surface area contributed by atoms with Crippen LogP contribution < -0.4 is 5.73 Å². The van der Waals surface area contributed by atoms with E-state index in [-0.39, 0.29) is 18.3 Å². The van der Waals surface area contributed by atoms with Gasteiger partial charge >= 0.3 is 0 Å². The number of carbonyl (C=O) groups excluding carboxylic acids is 1. The van der Waals surface area contributed by atoms with Crippen LogP contribution in [0.4, 0.5) is 5.69 Å². The molecule has 0 saturated carbocycles. The normalized spacial score (nSPS) is 8.77. The number of benzene rings is 1. The van der Waals surface area contributed by atoms with Crippen molar-refractivity contribution >= 4 is 24.0 Å². The molecule has 0 radical (unpaired) electrons. The fraction of sp³-hybridized carbons (Fsp3) is 0.222. The molecule has 0 spiro atoms. The number of amides is 1. The van der Waals surface area contributed by atoms with Gasteiger partial charge in [0.05, 0.1) is 0 Å². The summed E-state index contributed by atoms with van der Waals surface area (Å²) >= 11 is 0. The molecule has 0 fully saturated rings. The summed E-state index contributed by atoms with van der Waals surface area (Å²) in [5.74, 6) is -0.0256. The molecule has 1 amide bonds. The predicted molar refractivity (Wildman–Crippen MR) is 56.1 cm³/mol. The van der Waals surface area contributed by atoms with Gasteiger partial charge in [0, 0.05) is 25.3 Å². The zero-order valence-corrected chi connectivity index (χ0v) is 8.47. The first-order valence-electron chi connectivity index (χ1n) is 3.68. The smallest absolute Gasteiger partial charge is 0.253 e. The van der Waals surface area contributed by atoms with Crippen molar-refractivity contribution in [3.8, 4) is 0 Å². The molecule has 0 aliphatic rings. The van der Waals surface area contributed by atoms with Gasteiger partial charge in [0.15, 0.2) is 0 Å². The van der Waals surface area contributed by atoms with Crippen molar-refractivity contribution in [1.82, 2.24) is 4.90 Å². The maximum absolute atomic E-state index is 11.4. The minimum Gasteiger partial charge on any atom is -0.399 e. The van der Waals surface area contributed by atoms with Gasteiger partial charge < -0.3 is 10.6 Å². The number of hydrogen-bond donors (Lipinski definition) is 1. The fourth-order valence-electron chi connectivity index (χ4n) is 0.930. The average molecular weight is 201 g/mol. The quantitative estimate of drug-likeness (QED) is 0.697. The molecule has 1 rings (SSSR count). The Kier molecular flexibility index (Phi) is 4.28. The number of carbonyl (C=O) groups is 1. The molecule has 3 nitrogen and oxygen atoms in total. The van der Waals surface area contributed by atoms with Crippen LogP contribution in [0.2, 0.25) is 0 Å². The summed E-state index contributed by atoms with van der Waals surface area (Å²) < 4.78 is 0. The van der Waals surface area contributed by atoms with Crippen molar-refractivity contribution in [2.45, 2.75) is 0 Å². The summed E-state index contributed by atoms with van der Waals surface area (Å²) in [7, 11) is 3.43. The number of anilines is 1. The molecule has 0 atom stereocenters. The second-order valence-electron chi connectivity index (χ2n) is 2.83. The van der Waals surface area contributed by atoms with Crippen LogP contribution in [0.15, 0.2) is 24.3 Å². The molecule has 0 heterocycles. The molecule has 1 aromatic rings. The van der Waals surface area contributed by atoms with Crippen molar-refractivity contribution in [2.24, 2.45) is 0 Å². The number of rotatable bonds is 1. The van der Waals surface area contributed by atoms with Gasteiger partial charge in [0.1, 0.15) is 0 Å². The third-order valence-corrected chi connectivity index (χ3v) is 1.54. The van der Waals surface area contributed by atoms with E-state index in [2.05, 4.69) is 0 Å². The highest BCUT2D eigenvalue weighted by molar-refractivity contribution is 5.94. The molecule has 72 valence electrons. The summed E-state index contributed by atoms with van der Waals surface area (Å²) in [6.07, 6.45) is 0. The van der Waals surface area contributed by atoms with Crippen LogP contribution in [-0.4, -0.2) is 24.9 Å². The molecular formula is C9H13ClN2O. The SMILES string of the molecule is CN(C)C(=O)c1cccc(N)c1.Cl. The number of nitrogens with zero attached hydrogens (tertiary/aromatic N) is 1. The van der Waals surface area contributed by atoms with Gasteiger partial charge in [-0.1, -0.05) is 6.07 Å². The van der Waals surface area contributed by atoms with Crippen LogP contribution >= 0.6 is 12.4 Å². The number of nitrogens with two attached hydrogens (primary N) is 1. The minimum atomic E-state index is -0.0256. The molecule has 0 aliphatic heterocycles. The van der Waals surface area contributed by atoms with E-state index in [9.17, 15) is 4.79 Å². The highest BCUT2D eigenvalue weighted by atomic mass is 35.5. The molecule has 0 unspecified atom stereocenters. The van der Waals surface area contributed by atoms with E-state index in [4.69, 9.17) is 5.73 Å². The van der Waals surface area contributed by atoms with Crippen LogP contribution in [0.5, 0.6) is 0 Å². The molecule has 4 heteroatoms. The molecule has 13 heavy (non-hydrogen) atoms. The topological polar surface area (TPSA) is 46.3 Å². The standard InChI is InChI=1S/C9H12N2O.ClH/c1-11(2)9(12)7-4-3-5-8(10)6-7;/h3-6H,10H2,1-2H3;1H. The van der Waals surface area contributed by atoms with Crippen molar-refractivity contribution in [3.63, 3.8) is 0 Å². The van der Waals surface area contributed by atoms with Crippen LogP contribution in [-0.2, 0) is 0 Å². The van der Waals surface area contributed by atoms with Gasteiger partial charge in [-0.3, -0.25) is 4.79 Å². The van der Waals surface area contributed by atoms with Gasteiger partial charge in [0.25, 0.3) is 5.91 Å². The Morgan fingerprint density at radius 3 is 2.46 bits per heavy atom. The van der Waals surface area contributed by atoms with Crippen molar-refractivity contribution < 1.29 is 4.79 Å². The zero-order chi connectivity index (χ0) is 9.14. The van der Waals surface area contributed by atoms with Crippen LogP contribution in [0.3, 0.4) is 0 Å². The van der Waals surface area contributed by atoms with Gasteiger partial charge in [-0.25, -0.2) is 0 Å². The third kappa shape index (κ3) is 2.95. The maximum atomic E-state index is 11.4. The van der Waals surface area contributed by atoms with Gasteiger partial charge in [0.2, 0.25) is 0 Å². The Bertz CT molecular complexity index is 299. The van der Waals surface area contributed by atoms with E-state index in [1.54, 1.807) is 38.4 Å². The lowest BCUT2D eigenvalue weighted by Crippen LogP contribution is -2.21. The summed E-state index contributed by atoms with van der Waals surface area (Å²) in [4.78, 5) is 12.9. The number of nitrogen functional groups attached to an aromatic ring is 1. The molecule has 0 saturated heterocycles. The highest BCUT2D eigenvalue weighted by Gasteiger charge is 2.06. The van der Waals surface area contributed by atoms with Crippen LogP contribution in [0.25, 0.3) is 0 Å². The second kappa shape index (κ2) is 4.72. The Balaban J connectivity index is 0.00000144. The summed E-state index contributed by atoms with van der Waals surface area (Å²) in [5.41, 5.74) is 6.76. The Morgan fingerprint density at radius 1 is 1.38 bits per heavy atom. The lowest BCUT2D eigenvalue weighted by molar-refractivity contribution is 0.0827. The van der Waals surface area contributed by atoms with Gasteiger partial charge in [-0.15, -0.1) is 12.4 Å². The fourth-order valence-corrected chi connectivity index (χ4v) is 0.930. The van der Waals surface area contributed by atoms with E-state index in [1.165, 1.54) is 4.90 Å². The lowest BCUT2D eigenvalue weighted by Gasteiger charge is -2.09. The number of halogens is 1. The van der Waals surface area contributed by atoms with E-state index >= 15 is 0 Å². The third-order valence-electron chi connectivity index (χ3n) is 1.54. The summed E-state index contributed by atoms with van der Waals surface area (Å²) in [5, 5.41) is 0. The Hall–Kier alpha value is -1.22. The first-order valence-corrected chi connectivity index (χ1v) is 3.68. The first-order chi connectivity index (χ1) is 5.61. The van der Waals surface area contributed by atoms with Gasteiger partial charge in [-0.2, -0.15) is 0 Å². The van der Waals surface area contributed by atoms with Crippen LogP contribution in [0.1, 0.15) is 10.4 Å². The highest BCUT2D eigenvalue weighted by Crippen LogP contribution is 2.07. The van der Waals surface area contributed by atoms with Gasteiger partial charge in [-0.05, 0) is 18.2 Å². The van der Waals surface area contributed by atoms with Crippen molar-refractivity contribution in [1.29, 1.82) is 0 Å². The van der Waals surface area contributed by atoms with E-state index < -0.39 is 0 Å². The lowest BCUT2D eigenvalue weighted by atomic mass is 10.2. The largest absolute Gasteiger partial charge is 0.399 e. The Morgan fingerprint density at radius 2 is 2.00 bits per heavy atom. The first kappa shape index (κ1) is 11.8. The predicted octanol–water partition coefficient (Wildman–Crippen LogP) is 1.39. The molecule has 1 aromatic carbocycles. The molecular weight excluding hydrogens is 188 g/mol. The van der Waals surface area contributed by atoms with E-state index in [0.717, 1.165) is 0 Å². The van der Waals surface area contributed by atoms with E-state index in [1.807, 2.05) is 0 Å². The zero-order valence-electron chi connectivity index (χ0n) is 7.65. The molecule has 0 aromatic heterocycles. The van der Waals surface area contributed by atoms with E-state index in [0.29, 0.717) is 11.3 Å². The van der Waals surface area contributed by atoms with Crippen molar-refractivity contribution in [2.75, 3.05) is 19.8 Å². The maximum Gasteiger partial charge on any atom is 0.253 e. The number of hydrogen-bond acceptors (Lipinski definition) is 2.